The molecule has 1 rings (SSSR count). The van der Waals surface area contributed by atoms with Gasteiger partial charge in [-0.25, -0.2) is 4.79 Å². The van der Waals surface area contributed by atoms with Crippen LogP contribution >= 0.6 is 0 Å². The minimum Gasteiger partial charge on any atom is -0.478 e. The molecular weight excluding hydrogens is 282 g/mol. The van der Waals surface area contributed by atoms with Crippen molar-refractivity contribution < 1.29 is 19.8 Å². The third kappa shape index (κ3) is 4.43. The fraction of sp³-hybridized carbons (Fsp3) is 0.412. The van der Waals surface area contributed by atoms with E-state index in [4.69, 9.17) is 5.11 Å². The smallest absolute Gasteiger partial charge is 0.332 e. The summed E-state index contributed by atoms with van der Waals surface area (Å²) < 4.78 is 0. The van der Waals surface area contributed by atoms with Gasteiger partial charge in [0.1, 0.15) is 0 Å². The van der Waals surface area contributed by atoms with Gasteiger partial charge in [0.2, 0.25) is 5.91 Å². The zero-order valence-electron chi connectivity index (χ0n) is 13.2. The minimum absolute atomic E-state index is 0.112. The van der Waals surface area contributed by atoms with Crippen LogP contribution in [0.25, 0.3) is 0 Å². The Balaban J connectivity index is 2.88. The molecule has 0 saturated heterocycles. The first-order valence-corrected chi connectivity index (χ1v) is 7.41. The highest BCUT2D eigenvalue weighted by Gasteiger charge is 2.22. The van der Waals surface area contributed by atoms with Crippen LogP contribution in [-0.4, -0.2) is 28.1 Å². The van der Waals surface area contributed by atoms with E-state index in [1.165, 1.54) is 0 Å². The van der Waals surface area contributed by atoms with Crippen molar-refractivity contribution in [1.82, 2.24) is 5.32 Å². The van der Waals surface area contributed by atoms with Gasteiger partial charge in [-0.2, -0.15) is 0 Å². The highest BCUT2D eigenvalue weighted by molar-refractivity contribution is 6.02. The summed E-state index contributed by atoms with van der Waals surface area (Å²) in [4.78, 5) is 23.5. The van der Waals surface area contributed by atoms with E-state index in [2.05, 4.69) is 5.32 Å². The Hall–Kier alpha value is -2.14. The number of rotatable bonds is 7. The zero-order chi connectivity index (χ0) is 16.7. The Morgan fingerprint density at radius 2 is 1.64 bits per heavy atom. The second-order valence-electron chi connectivity index (χ2n) is 5.09. The van der Waals surface area contributed by atoms with E-state index in [0.29, 0.717) is 12.0 Å². The predicted octanol–water partition coefficient (Wildman–Crippen LogP) is 2.43. The van der Waals surface area contributed by atoms with Gasteiger partial charge in [0.15, 0.2) is 0 Å². The van der Waals surface area contributed by atoms with E-state index in [9.17, 15) is 14.7 Å². The van der Waals surface area contributed by atoms with Crippen molar-refractivity contribution in [2.75, 3.05) is 0 Å². The molecule has 0 spiro atoms. The normalized spacial score (nSPS) is 14.7. The first-order chi connectivity index (χ1) is 10.4. The van der Waals surface area contributed by atoms with Crippen LogP contribution in [0, 0.1) is 0 Å². The summed E-state index contributed by atoms with van der Waals surface area (Å²) in [6.07, 6.45) is -0.241. The lowest BCUT2D eigenvalue weighted by Crippen LogP contribution is -2.38. The molecule has 0 aromatic heterocycles. The molecule has 3 N–H and O–H groups in total. The Kier molecular flexibility index (Phi) is 6.79. The topological polar surface area (TPSA) is 86.6 Å². The maximum Gasteiger partial charge on any atom is 0.332 e. The average molecular weight is 305 g/mol. The fourth-order valence-electron chi connectivity index (χ4n) is 2.32. The number of hydrogen-bond donors (Lipinski definition) is 3. The SMILES string of the molecule is CC/C(C(=O)O)=C(\CC)C(=O)NC(C)C(O)c1ccccc1. The molecule has 0 heterocycles. The summed E-state index contributed by atoms with van der Waals surface area (Å²) in [6.45, 7) is 5.13. The number of aliphatic hydroxyl groups is 1. The van der Waals surface area contributed by atoms with Crippen LogP contribution in [0.5, 0.6) is 0 Å². The zero-order valence-corrected chi connectivity index (χ0v) is 13.2. The number of carbonyl (C=O) groups excluding carboxylic acids is 1. The molecule has 0 saturated carbocycles. The minimum atomic E-state index is -1.08. The quantitative estimate of drug-likeness (QED) is 0.675. The fourth-order valence-corrected chi connectivity index (χ4v) is 2.32. The number of aliphatic hydroxyl groups excluding tert-OH is 1. The van der Waals surface area contributed by atoms with Gasteiger partial charge in [0.05, 0.1) is 12.1 Å². The molecule has 0 aliphatic rings. The van der Waals surface area contributed by atoms with Crippen molar-refractivity contribution in [2.45, 2.75) is 45.8 Å². The van der Waals surface area contributed by atoms with Gasteiger partial charge in [-0.15, -0.1) is 0 Å². The van der Waals surface area contributed by atoms with Crippen LogP contribution in [0.15, 0.2) is 41.5 Å². The Bertz CT molecular complexity index is 551. The third-order valence-corrected chi connectivity index (χ3v) is 3.58. The molecule has 2 atom stereocenters. The summed E-state index contributed by atoms with van der Waals surface area (Å²) in [7, 11) is 0. The van der Waals surface area contributed by atoms with E-state index >= 15 is 0 Å². The van der Waals surface area contributed by atoms with Crippen LogP contribution in [0.3, 0.4) is 0 Å². The highest BCUT2D eigenvalue weighted by atomic mass is 16.4. The number of benzene rings is 1. The number of carboxylic acid groups (broad SMARTS) is 1. The molecule has 5 heteroatoms. The lowest BCUT2D eigenvalue weighted by atomic mass is 10.0. The number of amides is 1. The molecule has 1 aromatic rings. The molecule has 1 amide bonds. The standard InChI is InChI=1S/C17H23NO4/c1-4-13(14(5-2)17(21)22)16(20)18-11(3)15(19)12-9-7-6-8-10-12/h6-11,15,19H,4-5H2,1-3H3,(H,18,20)(H,21,22)/b14-13-. The average Bonchev–Trinajstić information content (AvgIpc) is 2.51. The summed E-state index contributed by atoms with van der Waals surface area (Å²) >= 11 is 0. The van der Waals surface area contributed by atoms with Gasteiger partial charge in [0, 0.05) is 11.1 Å². The molecular formula is C17H23NO4. The number of carbonyl (C=O) groups is 2. The van der Waals surface area contributed by atoms with Gasteiger partial charge in [0.25, 0.3) is 0 Å². The van der Waals surface area contributed by atoms with Crippen LogP contribution < -0.4 is 5.32 Å². The number of nitrogens with one attached hydrogen (secondary N) is 1. The molecule has 5 nitrogen and oxygen atoms in total. The third-order valence-electron chi connectivity index (χ3n) is 3.58. The van der Waals surface area contributed by atoms with Crippen molar-refractivity contribution in [3.8, 4) is 0 Å². The number of aliphatic carboxylic acids is 1. The van der Waals surface area contributed by atoms with Crippen LogP contribution in [0.2, 0.25) is 0 Å². The van der Waals surface area contributed by atoms with E-state index in [-0.39, 0.29) is 17.6 Å². The largest absolute Gasteiger partial charge is 0.478 e. The summed E-state index contributed by atoms with van der Waals surface area (Å²) in [5.74, 6) is -1.52. The molecule has 2 unspecified atom stereocenters. The molecule has 120 valence electrons. The van der Waals surface area contributed by atoms with Crippen LogP contribution in [0.1, 0.15) is 45.3 Å². The molecule has 0 fully saturated rings. The van der Waals surface area contributed by atoms with Crippen LogP contribution in [-0.2, 0) is 9.59 Å². The van der Waals surface area contributed by atoms with Crippen molar-refractivity contribution in [1.29, 1.82) is 0 Å². The Morgan fingerprint density at radius 3 is 2.09 bits per heavy atom. The first-order valence-electron chi connectivity index (χ1n) is 7.41. The van der Waals surface area contributed by atoms with Gasteiger partial charge in [-0.3, -0.25) is 4.79 Å². The second-order valence-corrected chi connectivity index (χ2v) is 5.09. The van der Waals surface area contributed by atoms with Gasteiger partial charge in [-0.1, -0.05) is 44.2 Å². The lowest BCUT2D eigenvalue weighted by molar-refractivity contribution is -0.133. The summed E-state index contributed by atoms with van der Waals surface area (Å²) in [6, 6.07) is 8.49. The van der Waals surface area contributed by atoms with Crippen LogP contribution in [0.4, 0.5) is 0 Å². The molecule has 0 radical (unpaired) electrons. The van der Waals surface area contributed by atoms with E-state index in [1.54, 1.807) is 32.9 Å². The number of carboxylic acids is 1. The highest BCUT2D eigenvalue weighted by Crippen LogP contribution is 2.18. The van der Waals surface area contributed by atoms with E-state index < -0.39 is 24.0 Å². The van der Waals surface area contributed by atoms with Crippen molar-refractivity contribution >= 4 is 11.9 Å². The van der Waals surface area contributed by atoms with E-state index in [0.717, 1.165) is 0 Å². The van der Waals surface area contributed by atoms with Gasteiger partial charge >= 0.3 is 5.97 Å². The first kappa shape index (κ1) is 17.9. The lowest BCUT2D eigenvalue weighted by Gasteiger charge is -2.21. The maximum atomic E-state index is 12.3. The number of hydrogen-bond acceptors (Lipinski definition) is 3. The van der Waals surface area contributed by atoms with Crippen molar-refractivity contribution in [3.05, 3.63) is 47.0 Å². The molecule has 1 aromatic carbocycles. The van der Waals surface area contributed by atoms with Gasteiger partial charge in [-0.05, 0) is 25.3 Å². The Morgan fingerprint density at radius 1 is 1.09 bits per heavy atom. The Labute approximate surface area is 130 Å². The second kappa shape index (κ2) is 8.34. The molecule has 0 aliphatic heterocycles. The maximum absolute atomic E-state index is 12.3. The van der Waals surface area contributed by atoms with E-state index in [1.807, 2.05) is 18.2 Å². The monoisotopic (exact) mass is 305 g/mol. The molecule has 0 bridgehead atoms. The molecule has 22 heavy (non-hydrogen) atoms. The summed E-state index contributed by atoms with van der Waals surface area (Å²) in [5, 5.41) is 22.1. The molecule has 0 aliphatic carbocycles. The van der Waals surface area contributed by atoms with Gasteiger partial charge < -0.3 is 15.5 Å². The summed E-state index contributed by atoms with van der Waals surface area (Å²) in [5.41, 5.74) is 1.06. The van der Waals surface area contributed by atoms with Crippen molar-refractivity contribution in [3.63, 3.8) is 0 Å². The predicted molar refractivity (Wildman–Crippen MR) is 84.3 cm³/mol. The van der Waals surface area contributed by atoms with Crippen molar-refractivity contribution in [2.24, 2.45) is 0 Å².